The molecular formula is C14H19N5O2. The molecule has 0 fully saturated rings. The number of amides is 1. The monoisotopic (exact) mass is 289 g/mol. The van der Waals surface area contributed by atoms with Gasteiger partial charge in [-0.25, -0.2) is 0 Å². The van der Waals surface area contributed by atoms with E-state index in [1.165, 1.54) is 0 Å². The summed E-state index contributed by atoms with van der Waals surface area (Å²) in [4.78, 5) is 11.0. The number of hydrogen-bond donors (Lipinski definition) is 3. The van der Waals surface area contributed by atoms with E-state index >= 15 is 0 Å². The number of hydrogen-bond acceptors (Lipinski definition) is 6. The molecule has 7 nitrogen and oxygen atoms in total. The Balaban J connectivity index is 1.97. The summed E-state index contributed by atoms with van der Waals surface area (Å²) in [5, 5.41) is 14.1. The topological polar surface area (TPSA) is 106 Å². The van der Waals surface area contributed by atoms with Gasteiger partial charge in [-0.05, 0) is 45.0 Å². The molecule has 112 valence electrons. The molecule has 21 heavy (non-hydrogen) atoms. The van der Waals surface area contributed by atoms with Gasteiger partial charge in [0.25, 0.3) is 0 Å². The van der Waals surface area contributed by atoms with Crippen LogP contribution in [0.2, 0.25) is 0 Å². The Hall–Kier alpha value is -2.41. The van der Waals surface area contributed by atoms with E-state index in [1.807, 2.05) is 0 Å². The van der Waals surface area contributed by atoms with Gasteiger partial charge in [0.1, 0.15) is 0 Å². The van der Waals surface area contributed by atoms with Crippen molar-refractivity contribution in [1.82, 2.24) is 15.5 Å². The fraction of sp³-hybridized carbons (Fsp3) is 0.357. The molecular weight excluding hydrogens is 270 g/mol. The van der Waals surface area contributed by atoms with Crippen molar-refractivity contribution in [3.05, 3.63) is 35.7 Å². The van der Waals surface area contributed by atoms with Crippen LogP contribution in [0.1, 0.15) is 37.0 Å². The van der Waals surface area contributed by atoms with E-state index in [4.69, 9.17) is 10.2 Å². The summed E-state index contributed by atoms with van der Waals surface area (Å²) in [7, 11) is 0. The van der Waals surface area contributed by atoms with Crippen LogP contribution in [0, 0.1) is 0 Å². The van der Waals surface area contributed by atoms with E-state index in [0.29, 0.717) is 24.0 Å². The molecule has 2 aromatic rings. The molecule has 0 aliphatic carbocycles. The number of carbonyl (C=O) groups excluding carboxylic acids is 1. The smallest absolute Gasteiger partial charge is 0.320 e. The van der Waals surface area contributed by atoms with E-state index in [9.17, 15) is 4.79 Å². The Morgan fingerprint density at radius 3 is 2.48 bits per heavy atom. The van der Waals surface area contributed by atoms with E-state index in [0.717, 1.165) is 5.69 Å². The predicted octanol–water partition coefficient (Wildman–Crippen LogP) is 1.80. The first-order valence-electron chi connectivity index (χ1n) is 6.58. The van der Waals surface area contributed by atoms with Crippen LogP contribution >= 0.6 is 0 Å². The van der Waals surface area contributed by atoms with Crippen molar-refractivity contribution >= 4 is 17.6 Å². The van der Waals surface area contributed by atoms with E-state index in [-0.39, 0.29) is 5.54 Å². The second-order valence-corrected chi connectivity index (χ2v) is 5.67. The van der Waals surface area contributed by atoms with Crippen molar-refractivity contribution in [3.8, 4) is 0 Å². The molecule has 4 N–H and O–H groups in total. The number of nitrogens with zero attached hydrogens (tertiary/aromatic N) is 2. The van der Waals surface area contributed by atoms with Gasteiger partial charge in [-0.2, -0.15) is 0 Å². The van der Waals surface area contributed by atoms with Gasteiger partial charge in [0.2, 0.25) is 11.8 Å². The lowest BCUT2D eigenvalue weighted by Crippen LogP contribution is -2.35. The van der Waals surface area contributed by atoms with Crippen molar-refractivity contribution in [1.29, 1.82) is 0 Å². The van der Waals surface area contributed by atoms with E-state index < -0.39 is 5.91 Å². The lowest BCUT2D eigenvalue weighted by atomic mass is 10.1. The summed E-state index contributed by atoms with van der Waals surface area (Å²) in [5.74, 6) is 0.0380. The highest BCUT2D eigenvalue weighted by Gasteiger charge is 2.12. The fourth-order valence-corrected chi connectivity index (χ4v) is 1.56. The predicted molar refractivity (Wildman–Crippen MR) is 79.1 cm³/mol. The molecule has 0 aliphatic heterocycles. The van der Waals surface area contributed by atoms with Crippen molar-refractivity contribution in [2.45, 2.75) is 32.9 Å². The van der Waals surface area contributed by atoms with Crippen LogP contribution in [0.5, 0.6) is 0 Å². The Kier molecular flexibility index (Phi) is 4.23. The molecule has 1 heterocycles. The molecule has 0 saturated carbocycles. The van der Waals surface area contributed by atoms with Gasteiger partial charge in [0.05, 0.1) is 6.54 Å². The van der Waals surface area contributed by atoms with Crippen molar-refractivity contribution < 1.29 is 9.21 Å². The molecule has 0 unspecified atom stereocenters. The summed E-state index contributed by atoms with van der Waals surface area (Å²) in [6.45, 7) is 6.67. The summed E-state index contributed by atoms with van der Waals surface area (Å²) in [6, 6.07) is 6.99. The minimum atomic E-state index is -0.463. The number of primary amides is 1. The average molecular weight is 289 g/mol. The quantitative estimate of drug-likeness (QED) is 0.775. The SMILES string of the molecule is CC(C)(C)NCc1nnc(Nc2ccc(C(N)=O)cc2)o1. The highest BCUT2D eigenvalue weighted by Crippen LogP contribution is 2.16. The van der Waals surface area contributed by atoms with Crippen LogP contribution in [-0.2, 0) is 6.54 Å². The maximum absolute atomic E-state index is 11.0. The Morgan fingerprint density at radius 1 is 1.24 bits per heavy atom. The minimum absolute atomic E-state index is 0.0212. The fourth-order valence-electron chi connectivity index (χ4n) is 1.56. The van der Waals surface area contributed by atoms with Crippen LogP contribution in [0.15, 0.2) is 28.7 Å². The van der Waals surface area contributed by atoms with Crippen molar-refractivity contribution in [3.63, 3.8) is 0 Å². The molecule has 0 aliphatic rings. The van der Waals surface area contributed by atoms with Gasteiger partial charge in [-0.1, -0.05) is 5.10 Å². The second kappa shape index (κ2) is 5.92. The van der Waals surface area contributed by atoms with Gasteiger partial charge >= 0.3 is 6.01 Å². The zero-order valence-corrected chi connectivity index (χ0v) is 12.3. The Morgan fingerprint density at radius 2 is 1.90 bits per heavy atom. The van der Waals surface area contributed by atoms with Crippen molar-refractivity contribution in [2.24, 2.45) is 5.73 Å². The number of aromatic nitrogens is 2. The van der Waals surface area contributed by atoms with Crippen LogP contribution in [0.3, 0.4) is 0 Å². The van der Waals surface area contributed by atoms with E-state index in [1.54, 1.807) is 24.3 Å². The average Bonchev–Trinajstić information content (AvgIpc) is 2.84. The highest BCUT2D eigenvalue weighted by atomic mass is 16.4. The van der Waals surface area contributed by atoms with Crippen LogP contribution < -0.4 is 16.4 Å². The maximum Gasteiger partial charge on any atom is 0.320 e. The molecule has 7 heteroatoms. The lowest BCUT2D eigenvalue weighted by Gasteiger charge is -2.18. The summed E-state index contributed by atoms with van der Waals surface area (Å²) in [6.07, 6.45) is 0. The van der Waals surface area contributed by atoms with E-state index in [2.05, 4.69) is 41.6 Å². The van der Waals surface area contributed by atoms with Gasteiger partial charge in [-0.3, -0.25) is 4.79 Å². The number of nitrogens with two attached hydrogens (primary N) is 1. The molecule has 0 radical (unpaired) electrons. The van der Waals surface area contributed by atoms with Crippen molar-refractivity contribution in [2.75, 3.05) is 5.32 Å². The molecule has 0 atom stereocenters. The first-order chi connectivity index (χ1) is 9.83. The zero-order valence-electron chi connectivity index (χ0n) is 12.3. The van der Waals surface area contributed by atoms with Crippen LogP contribution in [0.25, 0.3) is 0 Å². The molecule has 1 aromatic heterocycles. The third-order valence-corrected chi connectivity index (χ3v) is 2.66. The summed E-state index contributed by atoms with van der Waals surface area (Å²) >= 11 is 0. The number of anilines is 2. The first-order valence-corrected chi connectivity index (χ1v) is 6.58. The zero-order chi connectivity index (χ0) is 15.5. The van der Waals surface area contributed by atoms with Crippen LogP contribution in [0.4, 0.5) is 11.7 Å². The Bertz CT molecular complexity index is 613. The molecule has 0 saturated heterocycles. The molecule has 0 spiro atoms. The highest BCUT2D eigenvalue weighted by molar-refractivity contribution is 5.93. The normalized spacial score (nSPS) is 11.4. The lowest BCUT2D eigenvalue weighted by molar-refractivity contribution is 0.100. The standard InChI is InChI=1S/C14H19N5O2/c1-14(2,3)16-8-11-18-19-13(21-11)17-10-6-4-9(5-7-10)12(15)20/h4-7,16H,8H2,1-3H3,(H2,15,20)(H,17,19). The number of benzene rings is 1. The maximum atomic E-state index is 11.0. The summed E-state index contributed by atoms with van der Waals surface area (Å²) < 4.78 is 5.47. The Labute approximate surface area is 122 Å². The second-order valence-electron chi connectivity index (χ2n) is 5.67. The van der Waals surface area contributed by atoms with Gasteiger partial charge in [0, 0.05) is 16.8 Å². The number of rotatable bonds is 5. The molecule has 0 bridgehead atoms. The minimum Gasteiger partial charge on any atom is -0.406 e. The molecule has 1 amide bonds. The third kappa shape index (κ3) is 4.57. The number of carbonyl (C=O) groups is 1. The van der Waals surface area contributed by atoms with Gasteiger partial charge in [-0.15, -0.1) is 5.10 Å². The first kappa shape index (κ1) is 15.0. The molecule has 2 rings (SSSR count). The molecule has 1 aromatic carbocycles. The van der Waals surface area contributed by atoms with Gasteiger partial charge < -0.3 is 20.8 Å². The van der Waals surface area contributed by atoms with Gasteiger partial charge in [0.15, 0.2) is 0 Å². The largest absolute Gasteiger partial charge is 0.406 e. The third-order valence-electron chi connectivity index (χ3n) is 2.66. The van der Waals surface area contributed by atoms with Crippen LogP contribution in [-0.4, -0.2) is 21.6 Å². The number of nitrogens with one attached hydrogen (secondary N) is 2. The summed E-state index contributed by atoms with van der Waals surface area (Å²) in [5.41, 5.74) is 6.34.